The molecule has 1 aliphatic rings. The molecule has 0 amide bonds. The van der Waals surface area contributed by atoms with Crippen LogP contribution in [0.5, 0.6) is 0 Å². The van der Waals surface area contributed by atoms with Crippen molar-refractivity contribution < 1.29 is 8.42 Å². The average Bonchev–Trinajstić information content (AvgIpc) is 2.80. The third kappa shape index (κ3) is 6.22. The number of piperidine rings is 1. The number of benzene rings is 2. The molecule has 0 atom stereocenters. The minimum Gasteiger partial charge on any atom is -0.377 e. The summed E-state index contributed by atoms with van der Waals surface area (Å²) in [4.78, 5) is 2.45. The van der Waals surface area contributed by atoms with Crippen LogP contribution in [0.25, 0.3) is 10.8 Å². The first-order valence-electron chi connectivity index (χ1n) is 12.1. The summed E-state index contributed by atoms with van der Waals surface area (Å²) in [7, 11) is 0.461. The third-order valence-corrected chi connectivity index (χ3v) is 8.31. The maximum absolute atomic E-state index is 13.5. The molecule has 178 valence electrons. The van der Waals surface area contributed by atoms with Gasteiger partial charge < -0.3 is 15.5 Å². The first-order valence-corrected chi connectivity index (χ1v) is 13.5. The highest BCUT2D eigenvalue weighted by Gasteiger charge is 2.30. The zero-order valence-corrected chi connectivity index (χ0v) is 20.8. The van der Waals surface area contributed by atoms with Crippen LogP contribution in [0.1, 0.15) is 39.0 Å². The lowest BCUT2D eigenvalue weighted by Crippen LogP contribution is -2.40. The molecule has 0 spiro atoms. The molecule has 1 aliphatic heterocycles. The third-order valence-electron chi connectivity index (χ3n) is 6.35. The van der Waals surface area contributed by atoms with Crippen LogP contribution < -0.4 is 15.5 Å². The monoisotopic (exact) mass is 460 g/mol. The summed E-state index contributed by atoms with van der Waals surface area (Å²) >= 11 is 0. The van der Waals surface area contributed by atoms with Gasteiger partial charge in [0.25, 0.3) is 0 Å². The van der Waals surface area contributed by atoms with Gasteiger partial charge in [0.05, 0.1) is 4.90 Å². The number of nitrogens with zero attached hydrogens (tertiary/aromatic N) is 2. The van der Waals surface area contributed by atoms with Gasteiger partial charge in [-0.2, -0.15) is 4.31 Å². The molecule has 2 aromatic rings. The molecule has 2 N–H and O–H groups in total. The Morgan fingerprint density at radius 2 is 1.59 bits per heavy atom. The molecule has 32 heavy (non-hydrogen) atoms. The van der Waals surface area contributed by atoms with E-state index in [1.807, 2.05) is 49.3 Å². The Bertz CT molecular complexity index is 954. The molecule has 1 heterocycles. The Morgan fingerprint density at radius 1 is 0.938 bits per heavy atom. The fraction of sp³-hybridized carbons (Fsp3) is 0.600. The molecule has 0 radical (unpaired) electrons. The maximum Gasteiger partial charge on any atom is 0.243 e. The quantitative estimate of drug-likeness (QED) is 0.473. The van der Waals surface area contributed by atoms with Crippen LogP contribution in [0, 0.1) is 5.92 Å². The van der Waals surface area contributed by atoms with E-state index in [0.29, 0.717) is 23.9 Å². The van der Waals surface area contributed by atoms with Gasteiger partial charge in [-0.15, -0.1) is 0 Å². The van der Waals surface area contributed by atoms with Crippen molar-refractivity contribution in [3.63, 3.8) is 0 Å². The molecule has 0 saturated carbocycles. The SMILES string of the molecule is CCCNCCCCNCC1CCN(S(=O)(=O)c2cccc3c(N(C)C)cccc23)CC1. The molecule has 0 aromatic heterocycles. The molecule has 0 bridgehead atoms. The largest absolute Gasteiger partial charge is 0.377 e. The van der Waals surface area contributed by atoms with Crippen LogP contribution in [-0.4, -0.2) is 66.1 Å². The second-order valence-electron chi connectivity index (χ2n) is 9.03. The van der Waals surface area contributed by atoms with E-state index >= 15 is 0 Å². The van der Waals surface area contributed by atoms with Gasteiger partial charge in [0.1, 0.15) is 0 Å². The Labute approximate surface area is 194 Å². The number of nitrogens with one attached hydrogen (secondary N) is 2. The minimum atomic E-state index is -3.51. The molecule has 0 aliphatic carbocycles. The van der Waals surface area contributed by atoms with E-state index in [2.05, 4.69) is 17.6 Å². The number of sulfonamides is 1. The van der Waals surface area contributed by atoms with Gasteiger partial charge in [-0.3, -0.25) is 0 Å². The molecule has 7 heteroatoms. The number of fused-ring (bicyclic) bond motifs is 1. The predicted molar refractivity (Wildman–Crippen MR) is 135 cm³/mol. The number of anilines is 1. The molecular formula is C25H40N4O2S. The van der Waals surface area contributed by atoms with Crippen molar-refractivity contribution in [2.75, 3.05) is 58.3 Å². The Balaban J connectivity index is 1.54. The molecule has 0 unspecified atom stereocenters. The van der Waals surface area contributed by atoms with Gasteiger partial charge in [-0.05, 0) is 76.3 Å². The fourth-order valence-corrected chi connectivity index (χ4v) is 6.16. The highest BCUT2D eigenvalue weighted by Crippen LogP contribution is 2.32. The van der Waals surface area contributed by atoms with Gasteiger partial charge >= 0.3 is 0 Å². The number of unbranched alkanes of at least 4 members (excludes halogenated alkanes) is 1. The minimum absolute atomic E-state index is 0.423. The predicted octanol–water partition coefficient (Wildman–Crippen LogP) is 3.68. The van der Waals surface area contributed by atoms with Gasteiger partial charge in [0.15, 0.2) is 0 Å². The lowest BCUT2D eigenvalue weighted by Gasteiger charge is -2.31. The molecule has 2 aromatic carbocycles. The smallest absolute Gasteiger partial charge is 0.243 e. The van der Waals surface area contributed by atoms with Crippen LogP contribution in [-0.2, 0) is 10.0 Å². The summed E-state index contributed by atoms with van der Waals surface area (Å²) in [5, 5.41) is 8.78. The summed E-state index contributed by atoms with van der Waals surface area (Å²) in [6.07, 6.45) is 5.39. The molecule has 1 saturated heterocycles. The van der Waals surface area contributed by atoms with E-state index < -0.39 is 10.0 Å². The van der Waals surface area contributed by atoms with Gasteiger partial charge in [-0.25, -0.2) is 8.42 Å². The molecule has 1 fully saturated rings. The van der Waals surface area contributed by atoms with Crippen molar-refractivity contribution in [3.05, 3.63) is 36.4 Å². The van der Waals surface area contributed by atoms with E-state index in [1.165, 1.54) is 19.3 Å². The zero-order valence-electron chi connectivity index (χ0n) is 19.9. The number of hydrogen-bond acceptors (Lipinski definition) is 5. The normalized spacial score (nSPS) is 16.0. The summed E-state index contributed by atoms with van der Waals surface area (Å²) in [5.41, 5.74) is 1.03. The van der Waals surface area contributed by atoms with E-state index in [9.17, 15) is 8.42 Å². The van der Waals surface area contributed by atoms with E-state index in [4.69, 9.17) is 0 Å². The van der Waals surface area contributed by atoms with Gasteiger partial charge in [0.2, 0.25) is 10.0 Å². The number of rotatable bonds is 12. The van der Waals surface area contributed by atoms with E-state index in [1.54, 1.807) is 10.4 Å². The Hall–Kier alpha value is -1.67. The first-order chi connectivity index (χ1) is 15.4. The van der Waals surface area contributed by atoms with Crippen molar-refractivity contribution in [3.8, 4) is 0 Å². The summed E-state index contributed by atoms with van der Waals surface area (Å²) in [6.45, 7) is 7.60. The molecule has 6 nitrogen and oxygen atoms in total. The Morgan fingerprint density at radius 3 is 2.28 bits per heavy atom. The summed E-state index contributed by atoms with van der Waals surface area (Å²) < 4.78 is 28.7. The van der Waals surface area contributed by atoms with Gasteiger partial charge in [0, 0.05) is 43.6 Å². The highest BCUT2D eigenvalue weighted by molar-refractivity contribution is 7.89. The topological polar surface area (TPSA) is 64.7 Å². The van der Waals surface area contributed by atoms with Crippen molar-refractivity contribution >= 4 is 26.5 Å². The number of hydrogen-bond donors (Lipinski definition) is 2. The summed E-state index contributed by atoms with van der Waals surface area (Å²) in [6, 6.07) is 11.5. The van der Waals surface area contributed by atoms with Crippen LogP contribution in [0.15, 0.2) is 41.3 Å². The van der Waals surface area contributed by atoms with Crippen LogP contribution in [0.2, 0.25) is 0 Å². The van der Waals surface area contributed by atoms with Crippen molar-refractivity contribution in [1.82, 2.24) is 14.9 Å². The maximum atomic E-state index is 13.5. The zero-order chi connectivity index (χ0) is 23.0. The van der Waals surface area contributed by atoms with Crippen LogP contribution in [0.3, 0.4) is 0 Å². The second-order valence-corrected chi connectivity index (χ2v) is 10.9. The van der Waals surface area contributed by atoms with Crippen molar-refractivity contribution in [1.29, 1.82) is 0 Å². The Kier molecular flexibility index (Phi) is 9.34. The van der Waals surface area contributed by atoms with E-state index in [-0.39, 0.29) is 0 Å². The fourth-order valence-electron chi connectivity index (χ4n) is 4.48. The van der Waals surface area contributed by atoms with Crippen LogP contribution in [0.4, 0.5) is 5.69 Å². The van der Waals surface area contributed by atoms with Crippen molar-refractivity contribution in [2.24, 2.45) is 5.92 Å². The van der Waals surface area contributed by atoms with E-state index in [0.717, 1.165) is 55.5 Å². The summed E-state index contributed by atoms with van der Waals surface area (Å²) in [5.74, 6) is 0.549. The molecule has 3 rings (SSSR count). The lowest BCUT2D eigenvalue weighted by molar-refractivity contribution is 0.267. The highest BCUT2D eigenvalue weighted by atomic mass is 32.2. The standard InChI is InChI=1S/C25H40N4O2S/c1-4-15-26-16-5-6-17-27-20-21-13-18-29(19-14-21)32(30,31)25-12-8-9-22-23(25)10-7-11-24(22)28(2)3/h7-12,21,26-27H,4-6,13-20H2,1-3H3. The average molecular weight is 461 g/mol. The first kappa shape index (κ1) is 25.0. The molecular weight excluding hydrogens is 420 g/mol. The second kappa shape index (κ2) is 12.0. The van der Waals surface area contributed by atoms with Crippen LogP contribution >= 0.6 is 0 Å². The van der Waals surface area contributed by atoms with Gasteiger partial charge in [-0.1, -0.05) is 31.2 Å². The lowest BCUT2D eigenvalue weighted by atomic mass is 9.98. The van der Waals surface area contributed by atoms with Crippen molar-refractivity contribution in [2.45, 2.75) is 43.9 Å².